The molecule has 0 saturated carbocycles. The standard InChI is InChI=1S/C10H23N3O/c1-3-5-6-7-12-10(11-4-2)13-8-9-14/h14H,3-9H2,1-2H3,(H2,11,12,13). The monoisotopic (exact) mass is 201 g/mol. The van der Waals surface area contributed by atoms with Crippen LogP contribution in [0.25, 0.3) is 0 Å². The van der Waals surface area contributed by atoms with Crippen molar-refractivity contribution in [2.45, 2.75) is 33.1 Å². The number of aliphatic hydroxyl groups excluding tert-OH is 1. The second-order valence-electron chi connectivity index (χ2n) is 3.12. The lowest BCUT2D eigenvalue weighted by atomic mass is 10.2. The molecule has 4 heteroatoms. The van der Waals surface area contributed by atoms with Crippen LogP contribution in [0.3, 0.4) is 0 Å². The van der Waals surface area contributed by atoms with Crippen LogP contribution in [0.15, 0.2) is 4.99 Å². The molecule has 3 N–H and O–H groups in total. The van der Waals surface area contributed by atoms with E-state index >= 15 is 0 Å². The predicted molar refractivity (Wildman–Crippen MR) is 60.6 cm³/mol. The lowest BCUT2D eigenvalue weighted by molar-refractivity contribution is 0.300. The number of guanidine groups is 1. The van der Waals surface area contributed by atoms with Crippen LogP contribution >= 0.6 is 0 Å². The maximum Gasteiger partial charge on any atom is 0.191 e. The van der Waals surface area contributed by atoms with Crippen molar-refractivity contribution in [3.8, 4) is 0 Å². The maximum absolute atomic E-state index is 8.65. The largest absolute Gasteiger partial charge is 0.395 e. The number of hydrogen-bond donors (Lipinski definition) is 3. The Hall–Kier alpha value is -0.770. The van der Waals surface area contributed by atoms with Crippen LogP contribution in [0.5, 0.6) is 0 Å². The molecule has 0 aromatic rings. The van der Waals surface area contributed by atoms with Gasteiger partial charge in [-0.3, -0.25) is 4.99 Å². The maximum atomic E-state index is 8.65. The molecule has 0 atom stereocenters. The molecule has 4 nitrogen and oxygen atoms in total. The van der Waals surface area contributed by atoms with Gasteiger partial charge in [-0.05, 0) is 13.3 Å². The van der Waals surface area contributed by atoms with Crippen molar-refractivity contribution in [3.05, 3.63) is 0 Å². The van der Waals surface area contributed by atoms with Gasteiger partial charge in [0.05, 0.1) is 6.61 Å². The lowest BCUT2D eigenvalue weighted by Crippen LogP contribution is -2.38. The molecule has 0 aromatic carbocycles. The van der Waals surface area contributed by atoms with E-state index in [2.05, 4.69) is 22.5 Å². The summed E-state index contributed by atoms with van der Waals surface area (Å²) < 4.78 is 0. The number of nitrogens with zero attached hydrogens (tertiary/aromatic N) is 1. The number of rotatable bonds is 7. The molecule has 0 aromatic heterocycles. The van der Waals surface area contributed by atoms with E-state index in [0.717, 1.165) is 25.5 Å². The molecule has 0 aliphatic carbocycles. The molecule has 0 fully saturated rings. The molecule has 0 amide bonds. The number of aliphatic hydroxyl groups is 1. The van der Waals surface area contributed by atoms with Crippen LogP contribution in [0.4, 0.5) is 0 Å². The van der Waals surface area contributed by atoms with Crippen molar-refractivity contribution in [3.63, 3.8) is 0 Å². The summed E-state index contributed by atoms with van der Waals surface area (Å²) in [5.74, 6) is 0.803. The number of hydrogen-bond acceptors (Lipinski definition) is 2. The Balaban J connectivity index is 3.67. The van der Waals surface area contributed by atoms with E-state index in [1.165, 1.54) is 12.8 Å². The Kier molecular flexibility index (Phi) is 9.74. The zero-order valence-electron chi connectivity index (χ0n) is 9.34. The Morgan fingerprint density at radius 3 is 2.57 bits per heavy atom. The van der Waals surface area contributed by atoms with Gasteiger partial charge in [0.2, 0.25) is 0 Å². The second-order valence-corrected chi connectivity index (χ2v) is 3.12. The highest BCUT2D eigenvalue weighted by Gasteiger charge is 1.94. The molecular weight excluding hydrogens is 178 g/mol. The van der Waals surface area contributed by atoms with Crippen molar-refractivity contribution >= 4 is 5.96 Å². The van der Waals surface area contributed by atoms with Crippen LogP contribution in [0.2, 0.25) is 0 Å². The molecule has 0 rings (SSSR count). The molecule has 14 heavy (non-hydrogen) atoms. The number of nitrogens with one attached hydrogen (secondary N) is 2. The van der Waals surface area contributed by atoms with E-state index in [4.69, 9.17) is 5.11 Å². The molecule has 0 radical (unpaired) electrons. The minimum atomic E-state index is 0.138. The normalized spacial score (nSPS) is 11.5. The van der Waals surface area contributed by atoms with Gasteiger partial charge >= 0.3 is 0 Å². The van der Waals surface area contributed by atoms with E-state index < -0.39 is 0 Å². The highest BCUT2D eigenvalue weighted by molar-refractivity contribution is 5.79. The van der Waals surface area contributed by atoms with Gasteiger partial charge in [0.15, 0.2) is 5.96 Å². The first-order chi connectivity index (χ1) is 6.85. The summed E-state index contributed by atoms with van der Waals surface area (Å²) in [6.45, 7) is 6.61. The summed E-state index contributed by atoms with van der Waals surface area (Å²) in [4.78, 5) is 4.37. The average Bonchev–Trinajstić information content (AvgIpc) is 2.20. The van der Waals surface area contributed by atoms with Gasteiger partial charge in [-0.1, -0.05) is 19.8 Å². The van der Waals surface area contributed by atoms with Gasteiger partial charge in [-0.2, -0.15) is 0 Å². The fraction of sp³-hybridized carbons (Fsp3) is 0.900. The SMILES string of the molecule is CCCCCN=C(NCC)NCCO. The van der Waals surface area contributed by atoms with Gasteiger partial charge in [-0.15, -0.1) is 0 Å². The van der Waals surface area contributed by atoms with Crippen molar-refractivity contribution in [1.82, 2.24) is 10.6 Å². The summed E-state index contributed by atoms with van der Waals surface area (Å²) in [6.07, 6.45) is 3.57. The zero-order chi connectivity index (χ0) is 10.6. The quantitative estimate of drug-likeness (QED) is 0.323. The minimum absolute atomic E-state index is 0.138. The molecular formula is C10H23N3O. The number of aliphatic imine (C=N–C) groups is 1. The third kappa shape index (κ3) is 7.86. The van der Waals surface area contributed by atoms with Gasteiger partial charge in [-0.25, -0.2) is 0 Å². The molecule has 0 spiro atoms. The highest BCUT2D eigenvalue weighted by atomic mass is 16.3. The van der Waals surface area contributed by atoms with Crippen LogP contribution in [-0.2, 0) is 0 Å². The lowest BCUT2D eigenvalue weighted by Gasteiger charge is -2.09. The summed E-state index contributed by atoms with van der Waals surface area (Å²) in [5, 5.41) is 14.8. The topological polar surface area (TPSA) is 56.7 Å². The Labute approximate surface area is 86.8 Å². The average molecular weight is 201 g/mol. The Morgan fingerprint density at radius 2 is 2.00 bits per heavy atom. The molecule has 0 heterocycles. The van der Waals surface area contributed by atoms with E-state index in [1.54, 1.807) is 0 Å². The minimum Gasteiger partial charge on any atom is -0.395 e. The predicted octanol–water partition coefficient (Wildman–Crippen LogP) is 0.724. The van der Waals surface area contributed by atoms with Gasteiger partial charge in [0.25, 0.3) is 0 Å². The van der Waals surface area contributed by atoms with Gasteiger partial charge < -0.3 is 15.7 Å². The van der Waals surface area contributed by atoms with Crippen LogP contribution in [0.1, 0.15) is 33.1 Å². The first-order valence-electron chi connectivity index (χ1n) is 5.48. The van der Waals surface area contributed by atoms with E-state index in [1.807, 2.05) is 6.92 Å². The van der Waals surface area contributed by atoms with Crippen LogP contribution < -0.4 is 10.6 Å². The molecule has 0 aliphatic rings. The third-order valence-corrected chi connectivity index (χ3v) is 1.78. The molecule has 0 saturated heterocycles. The summed E-state index contributed by atoms with van der Waals surface area (Å²) in [6, 6.07) is 0. The van der Waals surface area contributed by atoms with E-state index in [9.17, 15) is 0 Å². The van der Waals surface area contributed by atoms with E-state index in [-0.39, 0.29) is 6.61 Å². The van der Waals surface area contributed by atoms with E-state index in [0.29, 0.717) is 6.54 Å². The third-order valence-electron chi connectivity index (χ3n) is 1.78. The van der Waals surface area contributed by atoms with Crippen LogP contribution in [-0.4, -0.2) is 37.3 Å². The fourth-order valence-electron chi connectivity index (χ4n) is 1.07. The first-order valence-corrected chi connectivity index (χ1v) is 5.48. The summed E-state index contributed by atoms with van der Waals surface area (Å²) in [5.41, 5.74) is 0. The molecule has 0 aliphatic heterocycles. The molecule has 84 valence electrons. The number of unbranched alkanes of at least 4 members (excludes halogenated alkanes) is 2. The van der Waals surface area contributed by atoms with Crippen molar-refractivity contribution in [1.29, 1.82) is 0 Å². The van der Waals surface area contributed by atoms with Gasteiger partial charge in [0.1, 0.15) is 0 Å². The van der Waals surface area contributed by atoms with Crippen LogP contribution in [0, 0.1) is 0 Å². The Morgan fingerprint density at radius 1 is 1.21 bits per heavy atom. The zero-order valence-corrected chi connectivity index (χ0v) is 9.34. The second kappa shape index (κ2) is 10.3. The molecule has 0 unspecified atom stereocenters. The molecule has 0 bridgehead atoms. The Bertz CT molecular complexity index is 148. The fourth-order valence-corrected chi connectivity index (χ4v) is 1.07. The summed E-state index contributed by atoms with van der Waals surface area (Å²) >= 11 is 0. The van der Waals surface area contributed by atoms with Crippen molar-refractivity contribution < 1.29 is 5.11 Å². The van der Waals surface area contributed by atoms with Gasteiger partial charge in [0, 0.05) is 19.6 Å². The smallest absolute Gasteiger partial charge is 0.191 e. The summed E-state index contributed by atoms with van der Waals surface area (Å²) in [7, 11) is 0. The van der Waals surface area contributed by atoms with Crippen molar-refractivity contribution in [2.75, 3.05) is 26.2 Å². The first kappa shape index (κ1) is 13.2. The van der Waals surface area contributed by atoms with Crippen molar-refractivity contribution in [2.24, 2.45) is 4.99 Å². The highest BCUT2D eigenvalue weighted by Crippen LogP contribution is 1.93.